The van der Waals surface area contributed by atoms with E-state index in [-0.39, 0.29) is 11.9 Å². The fourth-order valence-corrected chi connectivity index (χ4v) is 3.03. The van der Waals surface area contributed by atoms with Gasteiger partial charge in [-0.2, -0.15) is 0 Å². The number of amidine groups is 1. The number of amides is 3. The second-order valence-corrected chi connectivity index (χ2v) is 5.93. The van der Waals surface area contributed by atoms with E-state index in [1.165, 1.54) is 9.80 Å². The Morgan fingerprint density at radius 1 is 1.32 bits per heavy atom. The fourth-order valence-electron chi connectivity index (χ4n) is 3.03. The van der Waals surface area contributed by atoms with Crippen LogP contribution in [0.5, 0.6) is 0 Å². The minimum absolute atomic E-state index is 0.180. The molecular weight excluding hydrogens is 282 g/mol. The predicted octanol–water partition coefficient (Wildman–Crippen LogP) is 1.67. The molecule has 1 fully saturated rings. The number of hydrogen-bond acceptors (Lipinski definition) is 3. The van der Waals surface area contributed by atoms with Gasteiger partial charge in [-0.05, 0) is 13.3 Å². The summed E-state index contributed by atoms with van der Waals surface area (Å²) < 4.78 is 1.81. The van der Waals surface area contributed by atoms with Crippen LogP contribution in [0.1, 0.15) is 44.3 Å². The van der Waals surface area contributed by atoms with E-state index in [1.54, 1.807) is 7.05 Å². The third-order valence-corrected chi connectivity index (χ3v) is 4.23. The third kappa shape index (κ3) is 2.20. The number of aryl methyl sites for hydroxylation is 1. The summed E-state index contributed by atoms with van der Waals surface area (Å²) in [7, 11) is 1.68. The quantitative estimate of drug-likeness (QED) is 0.664. The number of unbranched alkanes of at least 4 members (excludes halogenated alkanes) is 3. The van der Waals surface area contributed by atoms with Crippen LogP contribution in [0.15, 0.2) is 11.2 Å². The number of H-pyrrole nitrogens is 1. The average molecular weight is 304 g/mol. The number of aromatic amines is 1. The summed E-state index contributed by atoms with van der Waals surface area (Å²) in [5.74, 6) is 0.950. The smallest absolute Gasteiger partial charge is 0.270 e. The SMILES string of the molecule is CCCCCCN1C(=O)C2C(=Nc3[nH]c(C)c[n+]32)N(C)C1=O. The summed E-state index contributed by atoms with van der Waals surface area (Å²) in [6.45, 7) is 4.54. The molecule has 0 saturated carbocycles. The second kappa shape index (κ2) is 5.55. The lowest BCUT2D eigenvalue weighted by Crippen LogP contribution is -2.62. The van der Waals surface area contributed by atoms with Crippen LogP contribution in [-0.4, -0.2) is 46.2 Å². The van der Waals surface area contributed by atoms with E-state index >= 15 is 0 Å². The Bertz CT molecular complexity index is 648. The van der Waals surface area contributed by atoms with Crippen LogP contribution in [-0.2, 0) is 4.79 Å². The molecule has 0 radical (unpaired) electrons. The Labute approximate surface area is 129 Å². The van der Waals surface area contributed by atoms with Crippen molar-refractivity contribution in [3.8, 4) is 0 Å². The number of aliphatic imine (C=N–C) groups is 1. The Balaban J connectivity index is 1.83. The van der Waals surface area contributed by atoms with Gasteiger partial charge in [0.2, 0.25) is 11.9 Å². The summed E-state index contributed by atoms with van der Waals surface area (Å²) in [6.07, 6.45) is 6.00. The summed E-state index contributed by atoms with van der Waals surface area (Å²) >= 11 is 0. The van der Waals surface area contributed by atoms with Gasteiger partial charge in [0, 0.05) is 13.6 Å². The first-order valence-corrected chi connectivity index (χ1v) is 7.83. The molecule has 118 valence electrons. The zero-order chi connectivity index (χ0) is 15.9. The van der Waals surface area contributed by atoms with E-state index in [9.17, 15) is 9.59 Å². The number of carbonyl (C=O) groups excluding carboxylic acids is 2. The molecule has 3 amide bonds. The molecule has 1 atom stereocenters. The lowest BCUT2D eigenvalue weighted by Gasteiger charge is -2.33. The van der Waals surface area contributed by atoms with Crippen molar-refractivity contribution in [3.05, 3.63) is 11.9 Å². The molecule has 2 aliphatic heterocycles. The van der Waals surface area contributed by atoms with E-state index in [0.29, 0.717) is 18.3 Å². The summed E-state index contributed by atoms with van der Waals surface area (Å²) in [4.78, 5) is 35.5. The molecule has 0 bridgehead atoms. The predicted molar refractivity (Wildman–Crippen MR) is 80.9 cm³/mol. The van der Waals surface area contributed by atoms with Gasteiger partial charge in [0.1, 0.15) is 11.9 Å². The topological polar surface area (TPSA) is 72.7 Å². The minimum atomic E-state index is -0.520. The van der Waals surface area contributed by atoms with Crippen molar-refractivity contribution in [2.45, 2.75) is 45.6 Å². The zero-order valence-electron chi connectivity index (χ0n) is 13.3. The van der Waals surface area contributed by atoms with Gasteiger partial charge < -0.3 is 0 Å². The maximum absolute atomic E-state index is 12.8. The van der Waals surface area contributed by atoms with E-state index in [0.717, 1.165) is 31.4 Å². The second-order valence-electron chi connectivity index (χ2n) is 5.93. The monoisotopic (exact) mass is 304 g/mol. The number of imidazole rings is 1. The van der Waals surface area contributed by atoms with E-state index in [2.05, 4.69) is 16.9 Å². The van der Waals surface area contributed by atoms with Crippen LogP contribution in [0.2, 0.25) is 0 Å². The van der Waals surface area contributed by atoms with Gasteiger partial charge in [0.15, 0.2) is 0 Å². The van der Waals surface area contributed by atoms with Crippen LogP contribution in [0.4, 0.5) is 10.7 Å². The molecule has 7 heteroatoms. The number of aromatic nitrogens is 2. The summed E-state index contributed by atoms with van der Waals surface area (Å²) in [6, 6.07) is -0.798. The fraction of sp³-hybridized carbons (Fsp3) is 0.600. The first kappa shape index (κ1) is 14.7. The molecule has 0 spiro atoms. The standard InChI is InChI=1S/C15H21N5O2/c1-4-5-6-7-8-19-13(21)11-12(18(3)15(19)22)17-14-16-10(2)9-20(11)14/h9,11H,4-8H2,1-3H3/p+1. The number of carbonyl (C=O) groups is 2. The van der Waals surface area contributed by atoms with Gasteiger partial charge in [0.25, 0.3) is 5.91 Å². The van der Waals surface area contributed by atoms with Gasteiger partial charge in [-0.15, -0.1) is 0 Å². The van der Waals surface area contributed by atoms with Crippen LogP contribution < -0.4 is 4.57 Å². The molecule has 0 aromatic carbocycles. The highest BCUT2D eigenvalue weighted by atomic mass is 16.2. The maximum Gasteiger partial charge on any atom is 0.399 e. The first-order chi connectivity index (χ1) is 10.5. The van der Waals surface area contributed by atoms with E-state index in [1.807, 2.05) is 17.7 Å². The van der Waals surface area contributed by atoms with Crippen molar-refractivity contribution in [1.82, 2.24) is 14.8 Å². The Morgan fingerprint density at radius 3 is 2.82 bits per heavy atom. The maximum atomic E-state index is 12.8. The highest BCUT2D eigenvalue weighted by molar-refractivity contribution is 6.18. The molecule has 22 heavy (non-hydrogen) atoms. The number of fused-ring (bicyclic) bond motifs is 3. The van der Waals surface area contributed by atoms with Gasteiger partial charge in [-0.3, -0.25) is 14.6 Å². The molecule has 1 aromatic heterocycles. The molecule has 1 aromatic rings. The Hall–Kier alpha value is -2.18. The van der Waals surface area contributed by atoms with Gasteiger partial charge >= 0.3 is 12.0 Å². The number of nitrogens with one attached hydrogen (secondary N) is 1. The molecule has 0 aliphatic carbocycles. The largest absolute Gasteiger partial charge is 0.399 e. The lowest BCUT2D eigenvalue weighted by atomic mass is 10.1. The number of nitrogens with zero attached hydrogens (tertiary/aromatic N) is 4. The minimum Gasteiger partial charge on any atom is -0.270 e. The number of likely N-dealkylation sites (N-methyl/N-ethyl adjacent to an activating group) is 1. The molecule has 1 saturated heterocycles. The molecule has 3 heterocycles. The normalized spacial score (nSPS) is 20.3. The molecule has 7 nitrogen and oxygen atoms in total. The molecular formula is C15H22N5O2+. The number of hydrogen-bond donors (Lipinski definition) is 1. The first-order valence-electron chi connectivity index (χ1n) is 7.83. The lowest BCUT2D eigenvalue weighted by molar-refractivity contribution is -0.676. The van der Waals surface area contributed by atoms with Crippen molar-refractivity contribution >= 4 is 23.7 Å². The molecule has 2 aliphatic rings. The third-order valence-electron chi connectivity index (χ3n) is 4.23. The highest BCUT2D eigenvalue weighted by Gasteiger charge is 2.52. The summed E-state index contributed by atoms with van der Waals surface area (Å²) in [5.41, 5.74) is 0.944. The Morgan fingerprint density at radius 2 is 2.09 bits per heavy atom. The molecule has 3 rings (SSSR count). The van der Waals surface area contributed by atoms with Crippen molar-refractivity contribution < 1.29 is 14.2 Å². The van der Waals surface area contributed by atoms with Crippen molar-refractivity contribution in [3.63, 3.8) is 0 Å². The number of imide groups is 1. The van der Waals surface area contributed by atoms with Crippen molar-refractivity contribution in [2.75, 3.05) is 13.6 Å². The van der Waals surface area contributed by atoms with Gasteiger partial charge in [-0.25, -0.2) is 14.3 Å². The van der Waals surface area contributed by atoms with Gasteiger partial charge in [0.05, 0.1) is 0 Å². The number of urea groups is 1. The van der Waals surface area contributed by atoms with Crippen molar-refractivity contribution in [1.29, 1.82) is 0 Å². The number of rotatable bonds is 5. The van der Waals surface area contributed by atoms with Crippen LogP contribution in [0.3, 0.4) is 0 Å². The van der Waals surface area contributed by atoms with Crippen LogP contribution in [0, 0.1) is 6.92 Å². The molecule has 1 unspecified atom stereocenters. The molecule has 1 N–H and O–H groups in total. The van der Waals surface area contributed by atoms with E-state index in [4.69, 9.17) is 0 Å². The van der Waals surface area contributed by atoms with Crippen LogP contribution >= 0.6 is 0 Å². The highest BCUT2D eigenvalue weighted by Crippen LogP contribution is 2.27. The summed E-state index contributed by atoms with van der Waals surface area (Å²) in [5, 5.41) is 0. The Kier molecular flexibility index (Phi) is 3.72. The van der Waals surface area contributed by atoms with E-state index < -0.39 is 6.04 Å². The van der Waals surface area contributed by atoms with Crippen molar-refractivity contribution in [2.24, 2.45) is 4.99 Å². The van der Waals surface area contributed by atoms with Crippen LogP contribution in [0.25, 0.3) is 0 Å². The zero-order valence-corrected chi connectivity index (χ0v) is 13.3. The average Bonchev–Trinajstić information content (AvgIpc) is 3.00. The van der Waals surface area contributed by atoms with Gasteiger partial charge in [-0.1, -0.05) is 31.2 Å².